The largest absolute Gasteiger partial charge is 0.489 e. The molecule has 0 aliphatic carbocycles. The van der Waals surface area contributed by atoms with Crippen LogP contribution in [-0.4, -0.2) is 35.2 Å². The van der Waals surface area contributed by atoms with Gasteiger partial charge in [-0.3, -0.25) is 4.90 Å². The van der Waals surface area contributed by atoms with Gasteiger partial charge in [0.05, 0.1) is 13.1 Å². The molecule has 0 atom stereocenters. The molecular formula is C13H18ClFN4O2. The Morgan fingerprint density at radius 1 is 1.38 bits per heavy atom. The van der Waals surface area contributed by atoms with Crippen molar-refractivity contribution in [2.45, 2.75) is 13.1 Å². The van der Waals surface area contributed by atoms with E-state index in [9.17, 15) is 4.39 Å². The second kappa shape index (κ2) is 8.56. The first-order chi connectivity index (χ1) is 9.69. The second-order valence-electron chi connectivity index (χ2n) is 4.33. The maximum absolute atomic E-state index is 13.3. The van der Waals surface area contributed by atoms with Gasteiger partial charge in [-0.1, -0.05) is 17.3 Å². The molecular weight excluding hydrogens is 299 g/mol. The number of likely N-dealkylation sites (N-methyl/N-ethyl adjacent to an activating group) is 1. The van der Waals surface area contributed by atoms with E-state index < -0.39 is 0 Å². The molecule has 0 aliphatic rings. The van der Waals surface area contributed by atoms with Crippen molar-refractivity contribution < 1.29 is 13.7 Å². The van der Waals surface area contributed by atoms with Gasteiger partial charge in [0.25, 0.3) is 0 Å². The lowest BCUT2D eigenvalue weighted by molar-refractivity contribution is 0.222. The van der Waals surface area contributed by atoms with Crippen molar-refractivity contribution in [3.8, 4) is 5.75 Å². The van der Waals surface area contributed by atoms with Crippen molar-refractivity contribution in [2.24, 2.45) is 5.73 Å². The van der Waals surface area contributed by atoms with E-state index in [4.69, 9.17) is 15.0 Å². The molecule has 0 amide bonds. The van der Waals surface area contributed by atoms with Gasteiger partial charge in [0.1, 0.15) is 6.61 Å². The lowest BCUT2D eigenvalue weighted by atomic mass is 10.3. The number of ether oxygens (including phenoxy) is 1. The number of benzene rings is 1. The van der Waals surface area contributed by atoms with Crippen LogP contribution in [0.2, 0.25) is 0 Å². The van der Waals surface area contributed by atoms with E-state index in [1.54, 1.807) is 18.2 Å². The van der Waals surface area contributed by atoms with Crippen molar-refractivity contribution >= 4 is 12.4 Å². The lowest BCUT2D eigenvalue weighted by Crippen LogP contribution is -2.24. The summed E-state index contributed by atoms with van der Waals surface area (Å²) in [6, 6.07) is 6.32. The fourth-order valence-corrected chi connectivity index (χ4v) is 1.63. The van der Waals surface area contributed by atoms with Crippen molar-refractivity contribution in [3.63, 3.8) is 0 Å². The molecule has 0 unspecified atom stereocenters. The number of nitrogens with zero attached hydrogens (tertiary/aromatic N) is 3. The Balaban J connectivity index is 0.00000220. The molecule has 0 spiro atoms. The first-order valence-electron chi connectivity index (χ1n) is 6.26. The number of para-hydroxylation sites is 1. The van der Waals surface area contributed by atoms with Gasteiger partial charge in [-0.2, -0.15) is 4.98 Å². The quantitative estimate of drug-likeness (QED) is 0.836. The van der Waals surface area contributed by atoms with E-state index in [0.717, 1.165) is 0 Å². The number of hydrogen-bond acceptors (Lipinski definition) is 6. The molecule has 1 aromatic heterocycles. The van der Waals surface area contributed by atoms with Crippen molar-refractivity contribution in [2.75, 3.05) is 20.2 Å². The highest BCUT2D eigenvalue weighted by Gasteiger charge is 2.08. The summed E-state index contributed by atoms with van der Waals surface area (Å²) >= 11 is 0. The van der Waals surface area contributed by atoms with Crippen molar-refractivity contribution in [1.29, 1.82) is 0 Å². The summed E-state index contributed by atoms with van der Waals surface area (Å²) in [6.07, 6.45) is 0. The highest BCUT2D eigenvalue weighted by Crippen LogP contribution is 2.15. The summed E-state index contributed by atoms with van der Waals surface area (Å²) < 4.78 is 23.6. The molecule has 2 aromatic rings. The molecule has 21 heavy (non-hydrogen) atoms. The topological polar surface area (TPSA) is 77.4 Å². The smallest absolute Gasteiger partial charge is 0.240 e. The number of hydrogen-bond donors (Lipinski definition) is 1. The average Bonchev–Trinajstić information content (AvgIpc) is 2.88. The Hall–Kier alpha value is -1.70. The van der Waals surface area contributed by atoms with E-state index >= 15 is 0 Å². The third kappa shape index (κ3) is 5.30. The highest BCUT2D eigenvalue weighted by atomic mass is 35.5. The van der Waals surface area contributed by atoms with Gasteiger partial charge in [0.15, 0.2) is 17.4 Å². The first kappa shape index (κ1) is 17.4. The van der Waals surface area contributed by atoms with E-state index in [-0.39, 0.29) is 30.5 Å². The summed E-state index contributed by atoms with van der Waals surface area (Å²) in [7, 11) is 1.89. The van der Waals surface area contributed by atoms with Crippen LogP contribution in [0.3, 0.4) is 0 Å². The molecule has 6 nitrogen and oxygen atoms in total. The van der Waals surface area contributed by atoms with Crippen molar-refractivity contribution in [1.82, 2.24) is 15.0 Å². The van der Waals surface area contributed by atoms with E-state index in [1.807, 2.05) is 11.9 Å². The zero-order valence-corrected chi connectivity index (χ0v) is 12.5. The Bertz CT molecular complexity index is 552. The molecule has 0 radical (unpaired) electrons. The minimum Gasteiger partial charge on any atom is -0.489 e. The Morgan fingerprint density at radius 2 is 2.14 bits per heavy atom. The SMILES string of the molecule is CN(CCOc1ccccc1F)Cc1noc(CN)n1.Cl. The minimum absolute atomic E-state index is 0. The van der Waals surface area contributed by atoms with Crippen LogP contribution < -0.4 is 10.5 Å². The van der Waals surface area contributed by atoms with E-state index in [2.05, 4.69) is 10.1 Å². The van der Waals surface area contributed by atoms with Crippen LogP contribution in [0.5, 0.6) is 5.75 Å². The molecule has 8 heteroatoms. The molecule has 2 N–H and O–H groups in total. The molecule has 1 aromatic carbocycles. The van der Waals surface area contributed by atoms with Crippen LogP contribution in [0.1, 0.15) is 11.7 Å². The van der Waals surface area contributed by atoms with Gasteiger partial charge in [-0.05, 0) is 19.2 Å². The zero-order valence-electron chi connectivity index (χ0n) is 11.7. The van der Waals surface area contributed by atoms with Crippen LogP contribution in [0.25, 0.3) is 0 Å². The predicted octanol–water partition coefficient (Wildman–Crippen LogP) is 1.60. The number of aromatic nitrogens is 2. The van der Waals surface area contributed by atoms with Gasteiger partial charge < -0.3 is 15.0 Å². The molecule has 0 aliphatic heterocycles. The fraction of sp³-hybridized carbons (Fsp3) is 0.385. The summed E-state index contributed by atoms with van der Waals surface area (Å²) in [5, 5.41) is 3.80. The Morgan fingerprint density at radius 3 is 2.81 bits per heavy atom. The normalized spacial score (nSPS) is 10.5. The minimum atomic E-state index is -0.360. The van der Waals surface area contributed by atoms with Crippen LogP contribution in [0, 0.1) is 5.82 Å². The lowest BCUT2D eigenvalue weighted by Gasteiger charge is -2.15. The van der Waals surface area contributed by atoms with E-state index in [0.29, 0.717) is 31.4 Å². The predicted molar refractivity (Wildman–Crippen MR) is 77.7 cm³/mol. The first-order valence-corrected chi connectivity index (χ1v) is 6.26. The summed E-state index contributed by atoms with van der Waals surface area (Å²) in [6.45, 7) is 1.73. The van der Waals surface area contributed by atoms with Gasteiger partial charge in [0, 0.05) is 6.54 Å². The molecule has 0 fully saturated rings. The standard InChI is InChI=1S/C13H17FN4O2.ClH/c1-18(9-12-16-13(8-15)20-17-12)6-7-19-11-5-3-2-4-10(11)14;/h2-5H,6-9,15H2,1H3;1H. The molecule has 0 saturated carbocycles. The fourth-order valence-electron chi connectivity index (χ4n) is 1.63. The van der Waals surface area contributed by atoms with Crippen LogP contribution in [-0.2, 0) is 13.1 Å². The summed E-state index contributed by atoms with van der Waals surface area (Å²) in [4.78, 5) is 6.05. The van der Waals surface area contributed by atoms with Gasteiger partial charge in [-0.25, -0.2) is 4.39 Å². The van der Waals surface area contributed by atoms with Crippen LogP contribution >= 0.6 is 12.4 Å². The molecule has 116 valence electrons. The molecule has 0 bridgehead atoms. The van der Waals surface area contributed by atoms with Gasteiger partial charge in [0.2, 0.25) is 5.89 Å². The third-order valence-electron chi connectivity index (χ3n) is 2.66. The van der Waals surface area contributed by atoms with E-state index in [1.165, 1.54) is 6.07 Å². The van der Waals surface area contributed by atoms with Crippen LogP contribution in [0.15, 0.2) is 28.8 Å². The number of rotatable bonds is 7. The second-order valence-corrected chi connectivity index (χ2v) is 4.33. The molecule has 2 rings (SSSR count). The Kier molecular flexibility index (Phi) is 7.07. The maximum atomic E-state index is 13.3. The summed E-state index contributed by atoms with van der Waals surface area (Å²) in [5.41, 5.74) is 5.39. The third-order valence-corrected chi connectivity index (χ3v) is 2.66. The number of halogens is 2. The molecule has 0 saturated heterocycles. The maximum Gasteiger partial charge on any atom is 0.240 e. The van der Waals surface area contributed by atoms with Gasteiger partial charge in [-0.15, -0.1) is 12.4 Å². The monoisotopic (exact) mass is 316 g/mol. The van der Waals surface area contributed by atoms with Crippen molar-refractivity contribution in [3.05, 3.63) is 41.8 Å². The summed E-state index contributed by atoms with van der Waals surface area (Å²) in [5.74, 6) is 0.877. The highest BCUT2D eigenvalue weighted by molar-refractivity contribution is 5.85. The van der Waals surface area contributed by atoms with Crippen LogP contribution in [0.4, 0.5) is 4.39 Å². The van der Waals surface area contributed by atoms with Gasteiger partial charge >= 0.3 is 0 Å². The average molecular weight is 317 g/mol. The Labute approximate surface area is 128 Å². The molecule has 1 heterocycles. The number of nitrogens with two attached hydrogens (primary N) is 1. The zero-order chi connectivity index (χ0) is 14.4.